The molecule has 2 aliphatic rings. The van der Waals surface area contributed by atoms with Gasteiger partial charge in [-0.05, 0) is 25.5 Å². The number of H-pyrrole nitrogens is 1. The molecule has 1 saturated carbocycles. The predicted octanol–water partition coefficient (Wildman–Crippen LogP) is 5.46. The van der Waals surface area contributed by atoms with Gasteiger partial charge in [0.15, 0.2) is 0 Å². The Hall–Kier alpha value is -3.04. The summed E-state index contributed by atoms with van der Waals surface area (Å²) in [7, 11) is 0. The lowest BCUT2D eigenvalue weighted by Crippen LogP contribution is -2.44. The highest BCUT2D eigenvalue weighted by Gasteiger charge is 2.45. The van der Waals surface area contributed by atoms with Gasteiger partial charge in [-0.1, -0.05) is 0 Å². The first-order valence-corrected chi connectivity index (χ1v) is 10.1. The topological polar surface area (TPSA) is 78.9 Å². The number of pyridine rings is 1. The van der Waals surface area contributed by atoms with E-state index in [1.807, 2.05) is 19.1 Å². The molecule has 1 aliphatic heterocycles. The number of nitrogens with one attached hydrogen (secondary N) is 2. The Bertz CT molecular complexity index is 1160. The highest BCUT2D eigenvalue weighted by atomic mass is 19.3. The molecule has 3 aromatic rings. The number of hydrogen-bond acceptors (Lipinski definition) is 5. The number of halogens is 4. The van der Waals surface area contributed by atoms with Crippen LogP contribution < -0.4 is 5.32 Å². The summed E-state index contributed by atoms with van der Waals surface area (Å²) in [6.45, 7) is 1.84. The third-order valence-electron chi connectivity index (χ3n) is 5.84. The number of anilines is 1. The molecule has 0 radical (unpaired) electrons. The number of rotatable bonds is 6. The Labute approximate surface area is 175 Å². The minimum absolute atomic E-state index is 0.202. The first-order chi connectivity index (χ1) is 14.8. The smallest absolute Gasteiger partial charge is 0.252 e. The second-order valence-corrected chi connectivity index (χ2v) is 8.14. The van der Waals surface area contributed by atoms with E-state index in [9.17, 15) is 17.6 Å². The van der Waals surface area contributed by atoms with Crippen LogP contribution in [0.1, 0.15) is 44.2 Å². The average molecular weight is 432 g/mol. The zero-order chi connectivity index (χ0) is 21.8. The van der Waals surface area contributed by atoms with Crippen LogP contribution in [0.2, 0.25) is 0 Å². The summed E-state index contributed by atoms with van der Waals surface area (Å²) in [4.78, 5) is 20.9. The Morgan fingerprint density at radius 2 is 2.03 bits per heavy atom. The van der Waals surface area contributed by atoms with Crippen LogP contribution in [0.3, 0.4) is 0 Å². The Morgan fingerprint density at radius 3 is 2.77 bits per heavy atom. The Balaban J connectivity index is 1.40. The molecule has 4 heterocycles. The van der Waals surface area contributed by atoms with Crippen LogP contribution in [-0.4, -0.2) is 44.0 Å². The van der Waals surface area contributed by atoms with Gasteiger partial charge >= 0.3 is 0 Å². The van der Waals surface area contributed by atoms with E-state index in [4.69, 9.17) is 4.98 Å². The second kappa shape index (κ2) is 7.28. The van der Waals surface area contributed by atoms with E-state index in [1.54, 1.807) is 12.4 Å². The highest BCUT2D eigenvalue weighted by molar-refractivity contribution is 5.97. The fourth-order valence-corrected chi connectivity index (χ4v) is 4.21. The van der Waals surface area contributed by atoms with Crippen LogP contribution in [0, 0.1) is 0 Å². The molecular formula is C21H20F4N6. The summed E-state index contributed by atoms with van der Waals surface area (Å²) in [5, 5.41) is 3.66. The van der Waals surface area contributed by atoms with E-state index in [0.29, 0.717) is 35.1 Å². The molecule has 31 heavy (non-hydrogen) atoms. The minimum atomic E-state index is -2.62. The third kappa shape index (κ3) is 3.75. The van der Waals surface area contributed by atoms with Crippen molar-refractivity contribution in [3.05, 3.63) is 30.2 Å². The molecule has 0 aromatic carbocycles. The van der Waals surface area contributed by atoms with Crippen molar-refractivity contribution in [2.75, 3.05) is 5.32 Å². The summed E-state index contributed by atoms with van der Waals surface area (Å²) in [5.41, 5.74) is 4.20. The molecule has 1 atom stereocenters. The van der Waals surface area contributed by atoms with Gasteiger partial charge in [0.25, 0.3) is 5.92 Å². The molecule has 2 N–H and O–H groups in total. The number of aliphatic imine (C=N–C) groups is 1. The molecule has 0 bridgehead atoms. The van der Waals surface area contributed by atoms with E-state index >= 15 is 0 Å². The van der Waals surface area contributed by atoms with Crippen LogP contribution in [0.15, 0.2) is 29.5 Å². The van der Waals surface area contributed by atoms with Gasteiger partial charge in [0.05, 0.1) is 17.1 Å². The van der Waals surface area contributed by atoms with Crippen LogP contribution >= 0.6 is 0 Å². The van der Waals surface area contributed by atoms with Crippen molar-refractivity contribution in [3.63, 3.8) is 0 Å². The Kier molecular flexibility index (Phi) is 4.67. The molecule has 162 valence electrons. The van der Waals surface area contributed by atoms with E-state index < -0.39 is 12.3 Å². The first kappa shape index (κ1) is 19.9. The largest absolute Gasteiger partial charge is 0.351 e. The summed E-state index contributed by atoms with van der Waals surface area (Å²) in [6.07, 6.45) is 0.661. The van der Waals surface area contributed by atoms with E-state index in [1.165, 1.54) is 0 Å². The molecule has 5 rings (SSSR count). The molecule has 1 unspecified atom stereocenters. The van der Waals surface area contributed by atoms with Crippen LogP contribution in [0.4, 0.5) is 29.2 Å². The maximum atomic E-state index is 13.0. The molecule has 3 aromatic heterocycles. The average Bonchev–Trinajstić information content (AvgIpc) is 3.24. The lowest BCUT2D eigenvalue weighted by atomic mass is 9.88. The zero-order valence-electron chi connectivity index (χ0n) is 16.7. The molecule has 10 heteroatoms. The summed E-state index contributed by atoms with van der Waals surface area (Å²) >= 11 is 0. The standard InChI is InChI=1S/C21H20F4N6/c1-10-12(2-5-17(22)23)18-16(28-10)4-3-15(30-18)13-8-26-19-14(13)9-27-20(31-19)29-11-6-21(24,25)7-11/h3-4,8-9,11-12,17H,2,5-7H2,1H3,(H2,26,27,29,31). The molecule has 1 fully saturated rings. The van der Waals surface area contributed by atoms with Gasteiger partial charge in [0, 0.05) is 60.3 Å². The number of hydrogen-bond donors (Lipinski definition) is 2. The number of nitrogens with zero attached hydrogens (tertiary/aromatic N) is 4. The van der Waals surface area contributed by atoms with Crippen molar-refractivity contribution in [2.45, 2.75) is 56.9 Å². The summed E-state index contributed by atoms with van der Waals surface area (Å²) in [6, 6.07) is 3.33. The quantitative estimate of drug-likeness (QED) is 0.507. The maximum absolute atomic E-state index is 13.0. The van der Waals surface area contributed by atoms with Crippen molar-refractivity contribution >= 4 is 28.4 Å². The zero-order valence-corrected chi connectivity index (χ0v) is 16.7. The van der Waals surface area contributed by atoms with Gasteiger partial charge in [0.1, 0.15) is 5.65 Å². The lowest BCUT2D eigenvalue weighted by Gasteiger charge is -2.35. The van der Waals surface area contributed by atoms with Crippen molar-refractivity contribution in [3.8, 4) is 11.3 Å². The number of fused-ring (bicyclic) bond motifs is 2. The van der Waals surface area contributed by atoms with E-state index in [0.717, 1.165) is 16.7 Å². The fourth-order valence-electron chi connectivity index (χ4n) is 4.21. The molecule has 6 nitrogen and oxygen atoms in total. The molecular weight excluding hydrogens is 412 g/mol. The van der Waals surface area contributed by atoms with Crippen molar-refractivity contribution < 1.29 is 17.6 Å². The van der Waals surface area contributed by atoms with Crippen LogP contribution in [-0.2, 0) is 0 Å². The van der Waals surface area contributed by atoms with Crippen LogP contribution in [0.25, 0.3) is 22.3 Å². The third-order valence-corrected chi connectivity index (χ3v) is 5.84. The number of aromatic amines is 1. The number of alkyl halides is 4. The molecule has 0 amide bonds. The second-order valence-electron chi connectivity index (χ2n) is 8.14. The van der Waals surface area contributed by atoms with E-state index in [2.05, 4.69) is 25.3 Å². The Morgan fingerprint density at radius 1 is 1.23 bits per heavy atom. The van der Waals surface area contributed by atoms with Gasteiger partial charge in [-0.3, -0.25) is 4.99 Å². The highest BCUT2D eigenvalue weighted by Crippen LogP contribution is 2.40. The van der Waals surface area contributed by atoms with Crippen molar-refractivity contribution in [1.82, 2.24) is 19.9 Å². The van der Waals surface area contributed by atoms with Gasteiger partial charge in [-0.25, -0.2) is 27.5 Å². The van der Waals surface area contributed by atoms with Gasteiger partial charge in [-0.2, -0.15) is 4.98 Å². The number of aromatic nitrogens is 4. The SMILES string of the molecule is CC1=Nc2ccc(-c3c[nH]c4nc(NC5CC(F)(F)C5)ncc34)nc2C1CCC(F)F. The first-order valence-electron chi connectivity index (χ1n) is 10.1. The monoisotopic (exact) mass is 432 g/mol. The van der Waals surface area contributed by atoms with E-state index in [-0.39, 0.29) is 31.2 Å². The molecule has 0 saturated heterocycles. The van der Waals surface area contributed by atoms with Crippen molar-refractivity contribution in [2.24, 2.45) is 4.99 Å². The molecule has 0 spiro atoms. The fraction of sp³-hybridized carbons (Fsp3) is 0.429. The van der Waals surface area contributed by atoms with Crippen molar-refractivity contribution in [1.29, 1.82) is 0 Å². The lowest BCUT2D eigenvalue weighted by molar-refractivity contribution is -0.0794. The van der Waals surface area contributed by atoms with Gasteiger partial charge < -0.3 is 10.3 Å². The van der Waals surface area contributed by atoms with Crippen LogP contribution in [0.5, 0.6) is 0 Å². The predicted molar refractivity (Wildman–Crippen MR) is 109 cm³/mol. The van der Waals surface area contributed by atoms with Gasteiger partial charge in [-0.15, -0.1) is 0 Å². The van der Waals surface area contributed by atoms with Gasteiger partial charge in [0.2, 0.25) is 12.4 Å². The minimum Gasteiger partial charge on any atom is -0.351 e. The summed E-state index contributed by atoms with van der Waals surface area (Å²) in [5.74, 6) is -2.54. The maximum Gasteiger partial charge on any atom is 0.252 e. The normalized spacial score (nSPS) is 20.1. The molecule has 1 aliphatic carbocycles. The summed E-state index contributed by atoms with van der Waals surface area (Å²) < 4.78 is 51.5.